The summed E-state index contributed by atoms with van der Waals surface area (Å²) in [6.45, 7) is 0.750. The van der Waals surface area contributed by atoms with Crippen molar-refractivity contribution in [3.8, 4) is 0 Å². The number of rotatable bonds is 3. The average Bonchev–Trinajstić information content (AvgIpc) is 2.84. The predicted octanol–water partition coefficient (Wildman–Crippen LogP) is 1.96. The van der Waals surface area contributed by atoms with Crippen molar-refractivity contribution in [2.45, 2.75) is 12.2 Å². The Hall–Kier alpha value is -1.17. The molecule has 0 radical (unpaired) electrons. The fraction of sp³-hybridized carbons (Fsp3) is 0.462. The molecule has 1 heterocycles. The van der Waals surface area contributed by atoms with Gasteiger partial charge in [0.05, 0.1) is 5.56 Å². The summed E-state index contributed by atoms with van der Waals surface area (Å²) in [5.41, 5.74) is -0.0286. The summed E-state index contributed by atoms with van der Waals surface area (Å²) in [7, 11) is 3.12. The van der Waals surface area contributed by atoms with Crippen LogP contribution in [0.5, 0.6) is 0 Å². The van der Waals surface area contributed by atoms with Gasteiger partial charge >= 0.3 is 0 Å². The first kappa shape index (κ1) is 14.2. The van der Waals surface area contributed by atoms with Gasteiger partial charge in [0, 0.05) is 32.3 Å². The Morgan fingerprint density at radius 2 is 1.89 bits per heavy atom. The van der Waals surface area contributed by atoms with Crippen molar-refractivity contribution in [2.75, 3.05) is 27.3 Å². The van der Waals surface area contributed by atoms with Crippen molar-refractivity contribution < 1.29 is 18.7 Å². The number of hydrogen-bond acceptors (Lipinski definition) is 3. The van der Waals surface area contributed by atoms with Gasteiger partial charge in [-0.2, -0.15) is 0 Å². The molecule has 1 saturated heterocycles. The van der Waals surface area contributed by atoms with Crippen molar-refractivity contribution in [2.24, 2.45) is 0 Å². The van der Waals surface area contributed by atoms with E-state index >= 15 is 0 Å². The second-order valence-electron chi connectivity index (χ2n) is 4.38. The number of methoxy groups -OCH3 is 2. The third kappa shape index (κ3) is 2.88. The molecule has 2 unspecified atom stereocenters. The standard InChI is InChI=1S/C13H15ClFNO3/c1-18-11-6-16(7-12(11)19-2)13(17)9-5-8(14)3-4-10(9)15/h3-5,11-12H,6-7H2,1-2H3. The Bertz CT molecular complexity index is 471. The highest BCUT2D eigenvalue weighted by molar-refractivity contribution is 6.31. The summed E-state index contributed by atoms with van der Waals surface area (Å²) in [5.74, 6) is -0.981. The van der Waals surface area contributed by atoms with Gasteiger partial charge in [0.1, 0.15) is 18.0 Å². The SMILES string of the molecule is COC1CN(C(=O)c2cc(Cl)ccc2F)CC1OC. The number of likely N-dealkylation sites (tertiary alicyclic amines) is 1. The van der Waals surface area contributed by atoms with E-state index < -0.39 is 11.7 Å². The van der Waals surface area contributed by atoms with E-state index in [1.54, 1.807) is 14.2 Å². The van der Waals surface area contributed by atoms with Crippen LogP contribution in [0.15, 0.2) is 18.2 Å². The molecule has 1 aliphatic heterocycles. The highest BCUT2D eigenvalue weighted by Gasteiger charge is 2.36. The predicted molar refractivity (Wildman–Crippen MR) is 68.9 cm³/mol. The molecule has 1 aliphatic rings. The Kier molecular flexibility index (Phi) is 4.39. The number of nitrogens with zero attached hydrogens (tertiary/aromatic N) is 1. The van der Waals surface area contributed by atoms with Gasteiger partial charge in [-0.3, -0.25) is 4.79 Å². The highest BCUT2D eigenvalue weighted by Crippen LogP contribution is 2.21. The van der Waals surface area contributed by atoms with Gasteiger partial charge in [0.2, 0.25) is 0 Å². The summed E-state index contributed by atoms with van der Waals surface area (Å²) < 4.78 is 24.2. The van der Waals surface area contributed by atoms with Crippen molar-refractivity contribution in [3.05, 3.63) is 34.6 Å². The van der Waals surface area contributed by atoms with Crippen LogP contribution in [0.1, 0.15) is 10.4 Å². The first-order valence-corrected chi connectivity index (χ1v) is 6.24. The van der Waals surface area contributed by atoms with Crippen LogP contribution in [-0.4, -0.2) is 50.3 Å². The van der Waals surface area contributed by atoms with Crippen LogP contribution in [0.2, 0.25) is 5.02 Å². The van der Waals surface area contributed by atoms with Gasteiger partial charge in [-0.25, -0.2) is 4.39 Å². The molecule has 19 heavy (non-hydrogen) atoms. The van der Waals surface area contributed by atoms with Crippen molar-refractivity contribution >= 4 is 17.5 Å². The summed E-state index contributed by atoms with van der Waals surface area (Å²) in [6.07, 6.45) is -0.396. The molecule has 0 N–H and O–H groups in total. The molecule has 0 saturated carbocycles. The minimum atomic E-state index is -0.579. The van der Waals surface area contributed by atoms with Crippen molar-refractivity contribution in [1.29, 1.82) is 0 Å². The maximum atomic E-state index is 13.7. The molecule has 104 valence electrons. The molecule has 2 atom stereocenters. The first-order valence-electron chi connectivity index (χ1n) is 5.86. The monoisotopic (exact) mass is 287 g/mol. The largest absolute Gasteiger partial charge is 0.377 e. The minimum absolute atomic E-state index is 0.0286. The smallest absolute Gasteiger partial charge is 0.257 e. The van der Waals surface area contributed by atoms with E-state index in [1.165, 1.54) is 23.1 Å². The van der Waals surface area contributed by atoms with Crippen LogP contribution in [0, 0.1) is 5.82 Å². The molecule has 1 aromatic carbocycles. The zero-order valence-electron chi connectivity index (χ0n) is 10.7. The fourth-order valence-electron chi connectivity index (χ4n) is 2.19. The summed E-state index contributed by atoms with van der Waals surface area (Å²) in [5, 5.41) is 0.329. The average molecular weight is 288 g/mol. The van der Waals surface area contributed by atoms with Crippen LogP contribution in [0.3, 0.4) is 0 Å². The molecule has 2 rings (SSSR count). The molecule has 6 heteroatoms. The number of hydrogen-bond donors (Lipinski definition) is 0. The number of ether oxygens (including phenoxy) is 2. The number of halogens is 2. The highest BCUT2D eigenvalue weighted by atomic mass is 35.5. The topological polar surface area (TPSA) is 38.8 Å². The maximum absolute atomic E-state index is 13.7. The van der Waals surface area contributed by atoms with E-state index in [-0.39, 0.29) is 17.8 Å². The van der Waals surface area contributed by atoms with Gasteiger partial charge in [-0.1, -0.05) is 11.6 Å². The minimum Gasteiger partial charge on any atom is -0.377 e. The summed E-state index contributed by atoms with van der Waals surface area (Å²) >= 11 is 5.79. The zero-order valence-corrected chi connectivity index (χ0v) is 11.5. The summed E-state index contributed by atoms with van der Waals surface area (Å²) in [4.78, 5) is 13.8. The maximum Gasteiger partial charge on any atom is 0.257 e. The Balaban J connectivity index is 2.19. The van der Waals surface area contributed by atoms with E-state index in [9.17, 15) is 9.18 Å². The lowest BCUT2D eigenvalue weighted by molar-refractivity contribution is -0.00461. The van der Waals surface area contributed by atoms with Crippen LogP contribution < -0.4 is 0 Å². The molecule has 0 bridgehead atoms. The molecule has 0 aliphatic carbocycles. The van der Waals surface area contributed by atoms with Gasteiger partial charge in [-0.15, -0.1) is 0 Å². The molecule has 1 fully saturated rings. The lowest BCUT2D eigenvalue weighted by Gasteiger charge is -2.16. The third-order valence-electron chi connectivity index (χ3n) is 3.27. The molecular formula is C13H15ClFNO3. The second-order valence-corrected chi connectivity index (χ2v) is 4.82. The first-order chi connectivity index (χ1) is 9.06. The number of amides is 1. The Labute approximate surface area is 116 Å². The number of carbonyl (C=O) groups is 1. The molecule has 4 nitrogen and oxygen atoms in total. The van der Waals surface area contributed by atoms with Crippen molar-refractivity contribution in [3.63, 3.8) is 0 Å². The van der Waals surface area contributed by atoms with Crippen LogP contribution >= 0.6 is 11.6 Å². The van der Waals surface area contributed by atoms with Gasteiger partial charge in [-0.05, 0) is 18.2 Å². The van der Waals surface area contributed by atoms with E-state index in [0.29, 0.717) is 18.1 Å². The van der Waals surface area contributed by atoms with Crippen LogP contribution in [-0.2, 0) is 9.47 Å². The number of carbonyl (C=O) groups excluding carboxylic acids is 1. The second kappa shape index (κ2) is 5.86. The number of benzene rings is 1. The molecule has 1 amide bonds. The molecule has 1 aromatic rings. The molecule has 0 aromatic heterocycles. The Morgan fingerprint density at radius 1 is 1.32 bits per heavy atom. The van der Waals surface area contributed by atoms with E-state index in [1.807, 2.05) is 0 Å². The van der Waals surface area contributed by atoms with E-state index in [2.05, 4.69) is 0 Å². The van der Waals surface area contributed by atoms with Crippen LogP contribution in [0.4, 0.5) is 4.39 Å². The zero-order chi connectivity index (χ0) is 14.0. The summed E-state index contributed by atoms with van der Waals surface area (Å²) in [6, 6.07) is 3.93. The van der Waals surface area contributed by atoms with Crippen molar-refractivity contribution in [1.82, 2.24) is 4.90 Å². The van der Waals surface area contributed by atoms with E-state index in [4.69, 9.17) is 21.1 Å². The van der Waals surface area contributed by atoms with E-state index in [0.717, 1.165) is 0 Å². The van der Waals surface area contributed by atoms with Gasteiger partial charge in [0.25, 0.3) is 5.91 Å². The lowest BCUT2D eigenvalue weighted by atomic mass is 10.2. The third-order valence-corrected chi connectivity index (χ3v) is 3.50. The van der Waals surface area contributed by atoms with Gasteiger partial charge < -0.3 is 14.4 Å². The van der Waals surface area contributed by atoms with Gasteiger partial charge in [0.15, 0.2) is 0 Å². The van der Waals surface area contributed by atoms with Crippen LogP contribution in [0.25, 0.3) is 0 Å². The molecular weight excluding hydrogens is 273 g/mol. The Morgan fingerprint density at radius 3 is 2.42 bits per heavy atom. The molecule has 0 spiro atoms. The quantitative estimate of drug-likeness (QED) is 0.853. The fourth-order valence-corrected chi connectivity index (χ4v) is 2.37. The lowest BCUT2D eigenvalue weighted by Crippen LogP contribution is -2.30. The normalized spacial score (nSPS) is 22.8.